The molecule has 1 unspecified atom stereocenters. The summed E-state index contributed by atoms with van der Waals surface area (Å²) in [6, 6.07) is 9.80. The highest BCUT2D eigenvalue weighted by molar-refractivity contribution is 5.56. The van der Waals surface area contributed by atoms with Crippen molar-refractivity contribution >= 4 is 11.5 Å². The molecule has 0 spiro atoms. The second kappa shape index (κ2) is 5.87. The molecule has 5 heterocycles. The fourth-order valence-corrected chi connectivity index (χ4v) is 3.49. The molecule has 5 rings (SSSR count). The van der Waals surface area contributed by atoms with Crippen molar-refractivity contribution in [1.29, 1.82) is 0 Å². The summed E-state index contributed by atoms with van der Waals surface area (Å²) in [7, 11) is 1.97. The van der Waals surface area contributed by atoms with Crippen LogP contribution in [-0.2, 0) is 7.05 Å². The number of aryl methyl sites for hydroxylation is 1. The van der Waals surface area contributed by atoms with Crippen LogP contribution >= 0.6 is 0 Å². The number of hydrogen-bond acceptors (Lipinski definition) is 7. The Balaban J connectivity index is 1.58. The molecule has 4 aromatic heterocycles. The van der Waals surface area contributed by atoms with Crippen LogP contribution in [-0.4, -0.2) is 46.1 Å². The molecule has 1 saturated heterocycles. The van der Waals surface area contributed by atoms with Gasteiger partial charge in [0.2, 0.25) is 5.82 Å². The topological polar surface area (TPSA) is 89.9 Å². The number of pyridine rings is 1. The Hall–Kier alpha value is -3.36. The summed E-state index contributed by atoms with van der Waals surface area (Å²) >= 11 is 0. The van der Waals surface area contributed by atoms with Crippen LogP contribution in [0.3, 0.4) is 0 Å². The Morgan fingerprint density at radius 1 is 1.08 bits per heavy atom. The fourth-order valence-electron chi connectivity index (χ4n) is 3.49. The zero-order chi connectivity index (χ0) is 17.5. The highest BCUT2D eigenvalue weighted by atomic mass is 15.4. The molecule has 0 N–H and O–H groups in total. The largest absolute Gasteiger partial charge is 0.345 e. The predicted molar refractivity (Wildman–Crippen MR) is 94.3 cm³/mol. The van der Waals surface area contributed by atoms with E-state index in [0.29, 0.717) is 11.5 Å². The molecule has 1 atom stereocenters. The second-order valence-electron chi connectivity index (χ2n) is 6.35. The van der Waals surface area contributed by atoms with Crippen molar-refractivity contribution in [1.82, 2.24) is 39.6 Å². The van der Waals surface area contributed by atoms with Gasteiger partial charge in [-0.1, -0.05) is 6.07 Å². The molecule has 0 aromatic carbocycles. The highest BCUT2D eigenvalue weighted by Gasteiger charge is 2.31. The average Bonchev–Trinajstić information content (AvgIpc) is 3.40. The van der Waals surface area contributed by atoms with E-state index in [1.165, 1.54) is 0 Å². The Kier molecular flexibility index (Phi) is 3.37. The summed E-state index contributed by atoms with van der Waals surface area (Å²) in [5, 5.41) is 21.6. The second-order valence-corrected chi connectivity index (χ2v) is 6.35. The first-order valence-electron chi connectivity index (χ1n) is 8.55. The maximum Gasteiger partial charge on any atom is 0.203 e. The Morgan fingerprint density at radius 2 is 2.04 bits per heavy atom. The van der Waals surface area contributed by atoms with Gasteiger partial charge < -0.3 is 9.47 Å². The third-order valence-electron chi connectivity index (χ3n) is 4.73. The van der Waals surface area contributed by atoms with E-state index in [4.69, 9.17) is 5.10 Å². The van der Waals surface area contributed by atoms with Crippen LogP contribution in [0.5, 0.6) is 0 Å². The van der Waals surface area contributed by atoms with Crippen LogP contribution in [0, 0.1) is 0 Å². The summed E-state index contributed by atoms with van der Waals surface area (Å²) < 4.78 is 3.73. The van der Waals surface area contributed by atoms with Gasteiger partial charge in [-0.25, -0.2) is 0 Å². The van der Waals surface area contributed by atoms with Gasteiger partial charge in [0.15, 0.2) is 11.5 Å². The molecule has 26 heavy (non-hydrogen) atoms. The Bertz CT molecular complexity index is 1050. The van der Waals surface area contributed by atoms with E-state index in [-0.39, 0.29) is 6.04 Å². The molecule has 0 radical (unpaired) electrons. The lowest BCUT2D eigenvalue weighted by Gasteiger charge is -2.24. The smallest absolute Gasteiger partial charge is 0.203 e. The standard InChI is InChI=1S/C17H17N9/c1-24-11-19-21-17(24)13-6-4-10-25(13)15-8-7-14-20-22-16(26(14)23-15)12-5-2-3-9-18-12/h2-3,5,7-9,11,13H,4,6,10H2,1H3. The molecule has 1 fully saturated rings. The van der Waals surface area contributed by atoms with Crippen molar-refractivity contribution in [3.05, 3.63) is 48.7 Å². The van der Waals surface area contributed by atoms with E-state index in [1.807, 2.05) is 41.9 Å². The van der Waals surface area contributed by atoms with Crippen molar-refractivity contribution < 1.29 is 0 Å². The maximum absolute atomic E-state index is 4.80. The van der Waals surface area contributed by atoms with Gasteiger partial charge in [0.1, 0.15) is 17.8 Å². The Morgan fingerprint density at radius 3 is 2.85 bits per heavy atom. The minimum absolute atomic E-state index is 0.169. The lowest BCUT2D eigenvalue weighted by atomic mass is 10.2. The van der Waals surface area contributed by atoms with Crippen LogP contribution in [0.15, 0.2) is 42.9 Å². The molecule has 0 aliphatic carbocycles. The van der Waals surface area contributed by atoms with Crippen LogP contribution in [0.4, 0.5) is 5.82 Å². The van der Waals surface area contributed by atoms with E-state index in [9.17, 15) is 0 Å². The molecule has 1 aliphatic rings. The summed E-state index contributed by atoms with van der Waals surface area (Å²) in [4.78, 5) is 6.64. The van der Waals surface area contributed by atoms with Crippen molar-refractivity contribution in [3.63, 3.8) is 0 Å². The van der Waals surface area contributed by atoms with Gasteiger partial charge >= 0.3 is 0 Å². The molecule has 4 aromatic rings. The predicted octanol–water partition coefficient (Wildman–Crippen LogP) is 1.66. The third kappa shape index (κ3) is 2.32. The molecule has 0 amide bonds. The molecule has 9 heteroatoms. The minimum Gasteiger partial charge on any atom is -0.345 e. The number of nitrogens with zero attached hydrogens (tertiary/aromatic N) is 9. The Labute approximate surface area is 149 Å². The van der Waals surface area contributed by atoms with Gasteiger partial charge in [0, 0.05) is 19.8 Å². The molecular formula is C17H17N9. The summed E-state index contributed by atoms with van der Waals surface area (Å²) in [6.07, 6.45) is 5.60. The van der Waals surface area contributed by atoms with Crippen molar-refractivity contribution in [3.8, 4) is 11.5 Å². The van der Waals surface area contributed by atoms with Gasteiger partial charge in [-0.05, 0) is 37.1 Å². The molecular weight excluding hydrogens is 330 g/mol. The van der Waals surface area contributed by atoms with E-state index in [1.54, 1.807) is 17.0 Å². The zero-order valence-corrected chi connectivity index (χ0v) is 14.3. The van der Waals surface area contributed by atoms with Crippen molar-refractivity contribution in [2.45, 2.75) is 18.9 Å². The average molecular weight is 347 g/mol. The number of fused-ring (bicyclic) bond motifs is 1. The van der Waals surface area contributed by atoms with E-state index < -0.39 is 0 Å². The number of hydrogen-bond donors (Lipinski definition) is 0. The number of anilines is 1. The van der Waals surface area contributed by atoms with Crippen LogP contribution in [0.2, 0.25) is 0 Å². The van der Waals surface area contributed by atoms with Crippen LogP contribution in [0.25, 0.3) is 17.2 Å². The lowest BCUT2D eigenvalue weighted by molar-refractivity contribution is 0.621. The fraction of sp³-hybridized carbons (Fsp3) is 0.294. The van der Waals surface area contributed by atoms with Crippen LogP contribution < -0.4 is 4.90 Å². The molecule has 0 saturated carbocycles. The monoisotopic (exact) mass is 347 g/mol. The number of aromatic nitrogens is 8. The normalized spacial score (nSPS) is 17.3. The van der Waals surface area contributed by atoms with Gasteiger partial charge in [0.05, 0.1) is 6.04 Å². The zero-order valence-electron chi connectivity index (χ0n) is 14.3. The van der Waals surface area contributed by atoms with Gasteiger partial charge in [0.25, 0.3) is 0 Å². The van der Waals surface area contributed by atoms with E-state index in [0.717, 1.165) is 36.7 Å². The molecule has 130 valence electrons. The third-order valence-corrected chi connectivity index (χ3v) is 4.73. The number of rotatable bonds is 3. The summed E-state index contributed by atoms with van der Waals surface area (Å²) in [5.41, 5.74) is 1.44. The lowest BCUT2D eigenvalue weighted by Crippen LogP contribution is -2.26. The van der Waals surface area contributed by atoms with Gasteiger partial charge in [-0.2, -0.15) is 4.52 Å². The first-order valence-corrected chi connectivity index (χ1v) is 8.55. The first-order chi connectivity index (χ1) is 12.8. The van der Waals surface area contributed by atoms with Crippen LogP contribution in [0.1, 0.15) is 24.7 Å². The maximum atomic E-state index is 4.80. The van der Waals surface area contributed by atoms with E-state index in [2.05, 4.69) is 30.3 Å². The molecule has 9 nitrogen and oxygen atoms in total. The van der Waals surface area contributed by atoms with Gasteiger partial charge in [-0.15, -0.1) is 25.5 Å². The van der Waals surface area contributed by atoms with Crippen molar-refractivity contribution in [2.24, 2.45) is 7.05 Å². The van der Waals surface area contributed by atoms with Gasteiger partial charge in [-0.3, -0.25) is 4.98 Å². The summed E-state index contributed by atoms with van der Waals surface area (Å²) in [6.45, 7) is 0.928. The molecule has 0 bridgehead atoms. The summed E-state index contributed by atoms with van der Waals surface area (Å²) in [5.74, 6) is 2.47. The first kappa shape index (κ1) is 14.9. The molecule has 1 aliphatic heterocycles. The van der Waals surface area contributed by atoms with Crippen molar-refractivity contribution in [2.75, 3.05) is 11.4 Å². The quantitative estimate of drug-likeness (QED) is 0.556. The minimum atomic E-state index is 0.169. The van der Waals surface area contributed by atoms with E-state index >= 15 is 0 Å². The highest BCUT2D eigenvalue weighted by Crippen LogP contribution is 2.34. The SMILES string of the molecule is Cn1cnnc1C1CCCN1c1ccc2nnc(-c3ccccn3)n2n1.